The van der Waals surface area contributed by atoms with Crippen LogP contribution in [-0.2, 0) is 11.2 Å². The zero-order chi connectivity index (χ0) is 21.7. The number of thiazole rings is 1. The van der Waals surface area contributed by atoms with E-state index >= 15 is 0 Å². The molecule has 0 aliphatic carbocycles. The standard InChI is InChI=1S/C21H20F3N3O2S/c1-13(2)17-5-3-4-6-18(17)27-19(28)11-15-12-30-20(26-15)25-14-7-9-16(10-8-14)29-21(22,23)24/h3-10,12-13H,11H2,1-2H3,(H,25,26)(H,27,28). The minimum atomic E-state index is -4.73. The number of hydrogen-bond donors (Lipinski definition) is 2. The van der Waals surface area contributed by atoms with Crippen molar-refractivity contribution < 1.29 is 22.7 Å². The predicted molar refractivity (Wildman–Crippen MR) is 111 cm³/mol. The smallest absolute Gasteiger partial charge is 0.406 e. The number of ether oxygens (including phenoxy) is 1. The second-order valence-electron chi connectivity index (χ2n) is 6.81. The second kappa shape index (κ2) is 9.17. The molecule has 5 nitrogen and oxygen atoms in total. The van der Waals surface area contributed by atoms with Gasteiger partial charge in [-0.25, -0.2) is 4.98 Å². The van der Waals surface area contributed by atoms with Gasteiger partial charge in [0.1, 0.15) is 5.75 Å². The van der Waals surface area contributed by atoms with Crippen molar-refractivity contribution in [2.24, 2.45) is 0 Å². The number of rotatable bonds is 7. The predicted octanol–water partition coefficient (Wildman–Crippen LogP) is 6.09. The molecule has 0 aliphatic heterocycles. The molecule has 3 aromatic rings. The van der Waals surface area contributed by atoms with Crippen molar-refractivity contribution in [3.63, 3.8) is 0 Å². The molecule has 3 rings (SSSR count). The Morgan fingerprint density at radius 2 is 1.83 bits per heavy atom. The van der Waals surface area contributed by atoms with E-state index in [1.54, 1.807) is 5.38 Å². The molecule has 0 spiro atoms. The van der Waals surface area contributed by atoms with Gasteiger partial charge in [0.15, 0.2) is 5.13 Å². The van der Waals surface area contributed by atoms with E-state index in [1.165, 1.54) is 35.6 Å². The number of amides is 1. The van der Waals surface area contributed by atoms with Crippen molar-refractivity contribution in [2.75, 3.05) is 10.6 Å². The van der Waals surface area contributed by atoms with Crippen LogP contribution in [-0.4, -0.2) is 17.3 Å². The van der Waals surface area contributed by atoms with E-state index in [1.807, 2.05) is 24.3 Å². The number of anilines is 3. The van der Waals surface area contributed by atoms with Gasteiger partial charge < -0.3 is 15.4 Å². The summed E-state index contributed by atoms with van der Waals surface area (Å²) in [7, 11) is 0. The summed E-state index contributed by atoms with van der Waals surface area (Å²) < 4.78 is 40.5. The number of halogens is 3. The number of nitrogens with zero attached hydrogens (tertiary/aromatic N) is 1. The molecular formula is C21H20F3N3O2S. The number of aromatic nitrogens is 1. The Balaban J connectivity index is 1.58. The molecule has 0 bridgehead atoms. The Labute approximate surface area is 175 Å². The van der Waals surface area contributed by atoms with Gasteiger partial charge in [-0.2, -0.15) is 0 Å². The highest BCUT2D eigenvalue weighted by atomic mass is 32.1. The van der Waals surface area contributed by atoms with Gasteiger partial charge >= 0.3 is 6.36 Å². The lowest BCUT2D eigenvalue weighted by molar-refractivity contribution is -0.274. The lowest BCUT2D eigenvalue weighted by Crippen LogP contribution is -2.17. The molecule has 2 N–H and O–H groups in total. The van der Waals surface area contributed by atoms with Crippen LogP contribution in [0.2, 0.25) is 0 Å². The van der Waals surface area contributed by atoms with Gasteiger partial charge in [0, 0.05) is 16.8 Å². The topological polar surface area (TPSA) is 63.2 Å². The van der Waals surface area contributed by atoms with Crippen LogP contribution in [0.4, 0.5) is 29.7 Å². The number of carbonyl (C=O) groups is 1. The molecule has 30 heavy (non-hydrogen) atoms. The molecule has 2 aromatic carbocycles. The maximum absolute atomic E-state index is 12.4. The number of para-hydroxylation sites is 1. The van der Waals surface area contributed by atoms with Crippen LogP contribution < -0.4 is 15.4 Å². The number of carbonyl (C=O) groups excluding carboxylic acids is 1. The van der Waals surface area contributed by atoms with Crippen LogP contribution in [0, 0.1) is 0 Å². The first kappa shape index (κ1) is 21.6. The molecule has 1 aromatic heterocycles. The number of alkyl halides is 3. The molecule has 0 saturated heterocycles. The highest BCUT2D eigenvalue weighted by molar-refractivity contribution is 7.13. The molecule has 0 aliphatic rings. The zero-order valence-corrected chi connectivity index (χ0v) is 17.1. The first-order chi connectivity index (χ1) is 14.2. The van der Waals surface area contributed by atoms with Gasteiger partial charge in [0.25, 0.3) is 0 Å². The Morgan fingerprint density at radius 1 is 1.13 bits per heavy atom. The van der Waals surface area contributed by atoms with Gasteiger partial charge in [-0.15, -0.1) is 24.5 Å². The molecule has 1 amide bonds. The van der Waals surface area contributed by atoms with Crippen LogP contribution in [0.5, 0.6) is 5.75 Å². The summed E-state index contributed by atoms with van der Waals surface area (Å²) in [4.78, 5) is 16.8. The minimum Gasteiger partial charge on any atom is -0.406 e. The van der Waals surface area contributed by atoms with Gasteiger partial charge in [0.05, 0.1) is 12.1 Å². The maximum atomic E-state index is 12.4. The lowest BCUT2D eigenvalue weighted by atomic mass is 10.0. The first-order valence-corrected chi connectivity index (χ1v) is 10.0. The number of benzene rings is 2. The fourth-order valence-corrected chi connectivity index (χ4v) is 3.51. The Morgan fingerprint density at radius 3 is 2.50 bits per heavy atom. The normalized spacial score (nSPS) is 11.4. The van der Waals surface area contributed by atoms with Crippen molar-refractivity contribution in [3.05, 3.63) is 65.2 Å². The van der Waals surface area contributed by atoms with Crippen LogP contribution in [0.15, 0.2) is 53.9 Å². The Kier molecular flexibility index (Phi) is 6.61. The van der Waals surface area contributed by atoms with E-state index < -0.39 is 6.36 Å². The van der Waals surface area contributed by atoms with E-state index in [-0.39, 0.29) is 24.0 Å². The third kappa shape index (κ3) is 6.21. The van der Waals surface area contributed by atoms with Crippen molar-refractivity contribution in [2.45, 2.75) is 32.5 Å². The Bertz CT molecular complexity index is 1000. The van der Waals surface area contributed by atoms with Crippen LogP contribution in [0.1, 0.15) is 31.0 Å². The van der Waals surface area contributed by atoms with Crippen molar-refractivity contribution in [3.8, 4) is 5.75 Å². The van der Waals surface area contributed by atoms with Crippen LogP contribution >= 0.6 is 11.3 Å². The SMILES string of the molecule is CC(C)c1ccccc1NC(=O)Cc1csc(Nc2ccc(OC(F)(F)F)cc2)n1. The zero-order valence-electron chi connectivity index (χ0n) is 16.3. The summed E-state index contributed by atoms with van der Waals surface area (Å²) in [6.07, 6.45) is -4.61. The average molecular weight is 435 g/mol. The van der Waals surface area contributed by atoms with Gasteiger partial charge in [-0.1, -0.05) is 32.0 Å². The van der Waals surface area contributed by atoms with E-state index in [0.717, 1.165) is 11.3 Å². The van der Waals surface area contributed by atoms with Crippen molar-refractivity contribution in [1.29, 1.82) is 0 Å². The van der Waals surface area contributed by atoms with E-state index in [9.17, 15) is 18.0 Å². The summed E-state index contributed by atoms with van der Waals surface area (Å²) in [5.41, 5.74) is 3.00. The molecule has 9 heteroatoms. The molecular weight excluding hydrogens is 415 g/mol. The quantitative estimate of drug-likeness (QED) is 0.471. The summed E-state index contributed by atoms with van der Waals surface area (Å²) >= 11 is 1.30. The van der Waals surface area contributed by atoms with Crippen LogP contribution in [0.3, 0.4) is 0 Å². The highest BCUT2D eigenvalue weighted by Crippen LogP contribution is 2.27. The molecule has 0 radical (unpaired) electrons. The second-order valence-corrected chi connectivity index (χ2v) is 7.67. The summed E-state index contributed by atoms with van der Waals surface area (Å²) in [5, 5.41) is 8.22. The monoisotopic (exact) mass is 435 g/mol. The lowest BCUT2D eigenvalue weighted by Gasteiger charge is -2.13. The fraction of sp³-hybridized carbons (Fsp3) is 0.238. The fourth-order valence-electron chi connectivity index (χ4n) is 2.78. The molecule has 0 fully saturated rings. The summed E-state index contributed by atoms with van der Waals surface area (Å²) in [6, 6.07) is 13.0. The minimum absolute atomic E-state index is 0.114. The molecule has 1 heterocycles. The van der Waals surface area contributed by atoms with E-state index in [4.69, 9.17) is 0 Å². The molecule has 0 saturated carbocycles. The Hall–Kier alpha value is -3.07. The maximum Gasteiger partial charge on any atom is 0.573 e. The average Bonchev–Trinajstić information content (AvgIpc) is 3.09. The summed E-state index contributed by atoms with van der Waals surface area (Å²) in [6.45, 7) is 4.12. The molecule has 0 unspecified atom stereocenters. The van der Waals surface area contributed by atoms with Crippen molar-refractivity contribution in [1.82, 2.24) is 4.98 Å². The first-order valence-electron chi connectivity index (χ1n) is 9.15. The van der Waals surface area contributed by atoms with E-state index in [0.29, 0.717) is 16.5 Å². The molecule has 0 atom stereocenters. The third-order valence-corrected chi connectivity index (χ3v) is 4.90. The third-order valence-electron chi connectivity index (χ3n) is 4.09. The molecule has 158 valence electrons. The van der Waals surface area contributed by atoms with Crippen molar-refractivity contribution >= 4 is 33.8 Å². The van der Waals surface area contributed by atoms with Gasteiger partial charge in [-0.05, 0) is 41.8 Å². The summed E-state index contributed by atoms with van der Waals surface area (Å²) in [5.74, 6) is -0.190. The van der Waals surface area contributed by atoms with Crippen LogP contribution in [0.25, 0.3) is 0 Å². The largest absolute Gasteiger partial charge is 0.573 e. The highest BCUT2D eigenvalue weighted by Gasteiger charge is 2.30. The number of nitrogens with one attached hydrogen (secondary N) is 2. The van der Waals surface area contributed by atoms with Gasteiger partial charge in [-0.3, -0.25) is 4.79 Å². The van der Waals surface area contributed by atoms with Gasteiger partial charge in [0.2, 0.25) is 5.91 Å². The van der Waals surface area contributed by atoms with E-state index in [2.05, 4.69) is 34.2 Å². The number of hydrogen-bond acceptors (Lipinski definition) is 5.